The molecule has 0 aliphatic heterocycles. The van der Waals surface area contributed by atoms with Crippen molar-refractivity contribution in [1.29, 1.82) is 0 Å². The van der Waals surface area contributed by atoms with Gasteiger partial charge in [0.1, 0.15) is 6.54 Å². The lowest BCUT2D eigenvalue weighted by Gasteiger charge is -2.04. The molecular weight excluding hydrogens is 320 g/mol. The highest BCUT2D eigenvalue weighted by atomic mass is 35.5. The first-order valence-electron chi connectivity index (χ1n) is 8.50. The van der Waals surface area contributed by atoms with Crippen LogP contribution in [0, 0.1) is 11.8 Å². The van der Waals surface area contributed by atoms with Gasteiger partial charge in [-0.1, -0.05) is 62.3 Å². The number of nitrogens with zero attached hydrogens (tertiary/aromatic N) is 2. The third kappa shape index (κ3) is 5.86. The minimum absolute atomic E-state index is 0.134. The van der Waals surface area contributed by atoms with Gasteiger partial charge in [0.15, 0.2) is 0 Å². The highest BCUT2D eigenvalue weighted by molar-refractivity contribution is 6.30. The molecule has 2 rings (SSSR count). The first-order chi connectivity index (χ1) is 11.7. The Bertz CT molecular complexity index is 754. The average Bonchev–Trinajstić information content (AvgIpc) is 2.59. The van der Waals surface area contributed by atoms with Crippen LogP contribution in [0.5, 0.6) is 0 Å². The maximum absolute atomic E-state index is 11.9. The minimum Gasteiger partial charge on any atom is -0.268 e. The summed E-state index contributed by atoms with van der Waals surface area (Å²) in [6.45, 7) is 2.54. The molecule has 4 heteroatoms. The van der Waals surface area contributed by atoms with E-state index >= 15 is 0 Å². The first kappa shape index (κ1) is 18.3. The van der Waals surface area contributed by atoms with E-state index in [4.69, 9.17) is 11.6 Å². The van der Waals surface area contributed by atoms with Gasteiger partial charge >= 0.3 is 0 Å². The number of hydrogen-bond donors (Lipinski definition) is 0. The van der Waals surface area contributed by atoms with E-state index in [1.165, 1.54) is 36.4 Å². The molecule has 0 saturated heterocycles. The van der Waals surface area contributed by atoms with Crippen LogP contribution in [0.2, 0.25) is 5.02 Å². The van der Waals surface area contributed by atoms with E-state index in [0.717, 1.165) is 24.1 Å². The van der Waals surface area contributed by atoms with E-state index in [9.17, 15) is 4.79 Å². The third-order valence-electron chi connectivity index (χ3n) is 3.77. The van der Waals surface area contributed by atoms with Gasteiger partial charge in [-0.15, -0.1) is 5.92 Å². The van der Waals surface area contributed by atoms with Crippen molar-refractivity contribution in [1.82, 2.24) is 9.78 Å². The first-order valence-corrected chi connectivity index (χ1v) is 8.88. The van der Waals surface area contributed by atoms with E-state index in [1.54, 1.807) is 6.07 Å². The van der Waals surface area contributed by atoms with Crippen LogP contribution in [0.1, 0.15) is 45.4 Å². The Morgan fingerprint density at radius 3 is 2.50 bits per heavy atom. The average molecular weight is 343 g/mol. The van der Waals surface area contributed by atoms with E-state index in [0.29, 0.717) is 11.6 Å². The van der Waals surface area contributed by atoms with Gasteiger partial charge in [-0.3, -0.25) is 4.79 Å². The SMILES string of the molecule is CCCCCCCC#CCn1nc(-c2ccc(Cl)cc2)ccc1=O. The maximum atomic E-state index is 11.9. The smallest absolute Gasteiger partial charge is 0.267 e. The summed E-state index contributed by atoms with van der Waals surface area (Å²) in [6, 6.07) is 10.7. The standard InChI is InChI=1S/C20H23ClN2O/c1-2-3-4-5-6-7-8-9-16-23-20(24)15-14-19(22-23)17-10-12-18(21)13-11-17/h10-15H,2-7,16H2,1H3. The fourth-order valence-electron chi connectivity index (χ4n) is 2.37. The molecule has 0 spiro atoms. The van der Waals surface area contributed by atoms with Gasteiger partial charge in [0, 0.05) is 23.1 Å². The summed E-state index contributed by atoms with van der Waals surface area (Å²) < 4.78 is 1.41. The molecule has 3 nitrogen and oxygen atoms in total. The molecule has 0 unspecified atom stereocenters. The van der Waals surface area contributed by atoms with Crippen LogP contribution in [-0.4, -0.2) is 9.78 Å². The van der Waals surface area contributed by atoms with Crippen molar-refractivity contribution in [2.75, 3.05) is 0 Å². The molecule has 24 heavy (non-hydrogen) atoms. The second kappa shape index (κ2) is 9.95. The Morgan fingerprint density at radius 2 is 1.75 bits per heavy atom. The zero-order valence-electron chi connectivity index (χ0n) is 14.1. The Balaban J connectivity index is 1.95. The minimum atomic E-state index is -0.134. The van der Waals surface area contributed by atoms with Gasteiger partial charge in [-0.05, 0) is 24.6 Å². The van der Waals surface area contributed by atoms with Crippen molar-refractivity contribution < 1.29 is 0 Å². The second-order valence-corrected chi connectivity index (χ2v) is 6.18. The van der Waals surface area contributed by atoms with Crippen LogP contribution in [0.15, 0.2) is 41.2 Å². The number of unbranched alkanes of at least 4 members (excludes halogenated alkanes) is 5. The van der Waals surface area contributed by atoms with Gasteiger partial charge in [0.25, 0.3) is 5.56 Å². The highest BCUT2D eigenvalue weighted by Crippen LogP contribution is 2.18. The molecule has 126 valence electrons. The normalized spacial score (nSPS) is 10.2. The zero-order chi connectivity index (χ0) is 17.2. The van der Waals surface area contributed by atoms with Gasteiger partial charge in [0.2, 0.25) is 0 Å². The lowest BCUT2D eigenvalue weighted by molar-refractivity contribution is 0.639. The highest BCUT2D eigenvalue weighted by Gasteiger charge is 2.02. The molecule has 0 aliphatic carbocycles. The number of halogens is 1. The van der Waals surface area contributed by atoms with Gasteiger partial charge in [0.05, 0.1) is 5.69 Å². The van der Waals surface area contributed by atoms with Crippen molar-refractivity contribution in [3.8, 4) is 23.1 Å². The quantitative estimate of drug-likeness (QED) is 0.528. The lowest BCUT2D eigenvalue weighted by atomic mass is 10.1. The number of rotatable bonds is 7. The predicted octanol–water partition coefficient (Wildman–Crippen LogP) is 4.93. The molecule has 0 fully saturated rings. The summed E-state index contributed by atoms with van der Waals surface area (Å²) in [6.07, 6.45) is 7.07. The summed E-state index contributed by atoms with van der Waals surface area (Å²) >= 11 is 5.90. The van der Waals surface area contributed by atoms with E-state index < -0.39 is 0 Å². The Morgan fingerprint density at radius 1 is 1.00 bits per heavy atom. The van der Waals surface area contributed by atoms with Gasteiger partial charge in [-0.25, -0.2) is 4.68 Å². The summed E-state index contributed by atoms with van der Waals surface area (Å²) in [5, 5.41) is 5.07. The molecule has 0 bridgehead atoms. The fraction of sp³-hybridized carbons (Fsp3) is 0.400. The topological polar surface area (TPSA) is 34.9 Å². The van der Waals surface area contributed by atoms with Gasteiger partial charge in [-0.2, -0.15) is 5.10 Å². The molecule has 0 aliphatic rings. The molecule has 0 amide bonds. The molecule has 0 radical (unpaired) electrons. The van der Waals surface area contributed by atoms with Crippen LogP contribution in [0.25, 0.3) is 11.3 Å². The van der Waals surface area contributed by atoms with Crippen LogP contribution >= 0.6 is 11.6 Å². The third-order valence-corrected chi connectivity index (χ3v) is 4.02. The monoisotopic (exact) mass is 342 g/mol. The lowest BCUT2D eigenvalue weighted by Crippen LogP contribution is -2.21. The fourth-order valence-corrected chi connectivity index (χ4v) is 2.50. The molecule has 0 saturated carbocycles. The van der Waals surface area contributed by atoms with Crippen LogP contribution < -0.4 is 5.56 Å². The molecular formula is C20H23ClN2O. The largest absolute Gasteiger partial charge is 0.268 e. The molecule has 0 atom stereocenters. The van der Waals surface area contributed by atoms with Crippen molar-refractivity contribution in [3.63, 3.8) is 0 Å². The molecule has 0 N–H and O–H groups in total. The van der Waals surface area contributed by atoms with Gasteiger partial charge < -0.3 is 0 Å². The Labute approximate surface area is 148 Å². The van der Waals surface area contributed by atoms with Crippen molar-refractivity contribution in [3.05, 3.63) is 51.8 Å². The maximum Gasteiger partial charge on any atom is 0.267 e. The van der Waals surface area contributed by atoms with E-state index in [2.05, 4.69) is 23.9 Å². The Kier molecular flexibility index (Phi) is 7.58. The summed E-state index contributed by atoms with van der Waals surface area (Å²) in [4.78, 5) is 11.9. The Hall–Kier alpha value is -2.05. The molecule has 1 aromatic carbocycles. The number of aromatic nitrogens is 2. The molecule has 2 aromatic rings. The van der Waals surface area contributed by atoms with E-state index in [-0.39, 0.29) is 5.56 Å². The summed E-state index contributed by atoms with van der Waals surface area (Å²) in [5.41, 5.74) is 1.54. The van der Waals surface area contributed by atoms with Crippen molar-refractivity contribution in [2.45, 2.75) is 52.0 Å². The predicted molar refractivity (Wildman–Crippen MR) is 100 cm³/mol. The molecule has 1 aromatic heterocycles. The molecule has 1 heterocycles. The second-order valence-electron chi connectivity index (χ2n) is 5.74. The van der Waals surface area contributed by atoms with Crippen LogP contribution in [0.3, 0.4) is 0 Å². The van der Waals surface area contributed by atoms with Crippen molar-refractivity contribution in [2.24, 2.45) is 0 Å². The van der Waals surface area contributed by atoms with Crippen LogP contribution in [-0.2, 0) is 6.54 Å². The van der Waals surface area contributed by atoms with Crippen molar-refractivity contribution >= 4 is 11.6 Å². The summed E-state index contributed by atoms with van der Waals surface area (Å²) in [5.74, 6) is 6.19. The number of benzene rings is 1. The number of hydrogen-bond acceptors (Lipinski definition) is 2. The summed E-state index contributed by atoms with van der Waals surface area (Å²) in [7, 11) is 0. The zero-order valence-corrected chi connectivity index (χ0v) is 14.9. The van der Waals surface area contributed by atoms with Crippen LogP contribution in [0.4, 0.5) is 0 Å². The van der Waals surface area contributed by atoms with E-state index in [1.807, 2.05) is 24.3 Å².